The summed E-state index contributed by atoms with van der Waals surface area (Å²) in [7, 11) is -0.312. The fourth-order valence-corrected chi connectivity index (χ4v) is 2.07. The average molecular weight is 219 g/mol. The maximum absolute atomic E-state index is 11.2. The van der Waals surface area contributed by atoms with Crippen LogP contribution in [-0.4, -0.2) is 25.1 Å². The van der Waals surface area contributed by atoms with Crippen LogP contribution in [0.3, 0.4) is 0 Å². The van der Waals surface area contributed by atoms with Gasteiger partial charge in [-0.05, 0) is 6.92 Å². The summed E-state index contributed by atoms with van der Waals surface area (Å²) in [6.45, 7) is 1.57. The summed E-state index contributed by atoms with van der Waals surface area (Å²) in [5.41, 5.74) is 0.286. The zero-order valence-electron chi connectivity index (χ0n) is 8.18. The highest BCUT2D eigenvalue weighted by atomic mass is 31.2. The van der Waals surface area contributed by atoms with E-state index in [9.17, 15) is 9.69 Å². The van der Waals surface area contributed by atoms with E-state index in [0.29, 0.717) is 5.76 Å². The van der Waals surface area contributed by atoms with E-state index in [2.05, 4.69) is 4.74 Å². The van der Waals surface area contributed by atoms with E-state index < -0.39 is 13.9 Å². The Bertz CT molecular complexity index is 309. The minimum atomic E-state index is -2.93. The van der Waals surface area contributed by atoms with E-state index >= 15 is 0 Å². The summed E-state index contributed by atoms with van der Waals surface area (Å²) in [6, 6.07) is 0. The molecule has 0 aliphatic carbocycles. The zero-order chi connectivity index (χ0) is 10.8. The molecule has 1 rings (SSSR count). The minimum Gasteiger partial charge on any atom is -0.465 e. The van der Waals surface area contributed by atoms with Crippen LogP contribution in [-0.2, 0) is 18.6 Å². The molecule has 5 nitrogen and oxygen atoms in total. The summed E-state index contributed by atoms with van der Waals surface area (Å²) in [5, 5.41) is 0. The van der Waals surface area contributed by atoms with Gasteiger partial charge in [-0.3, -0.25) is 4.52 Å². The van der Waals surface area contributed by atoms with Crippen LogP contribution in [0.25, 0.3) is 0 Å². The standard InChI is InChI=1S/C8H12O5P/c1-6-7(8(9)11-2)4-5-14(10,12-3)13-6/h4-5,10H,1-3H3/q+1. The number of carbonyl (C=O) groups excluding carboxylic acids is 1. The summed E-state index contributed by atoms with van der Waals surface area (Å²) in [6.07, 6.45) is 1.45. The second-order valence-electron chi connectivity index (χ2n) is 2.62. The molecule has 0 aromatic carbocycles. The van der Waals surface area contributed by atoms with Crippen LogP contribution in [0.15, 0.2) is 23.2 Å². The highest BCUT2D eigenvalue weighted by Gasteiger charge is 2.42. The third-order valence-electron chi connectivity index (χ3n) is 1.74. The minimum absolute atomic E-state index is 0.286. The van der Waals surface area contributed by atoms with Gasteiger partial charge >= 0.3 is 13.9 Å². The highest BCUT2D eigenvalue weighted by Crippen LogP contribution is 2.61. The predicted molar refractivity (Wildman–Crippen MR) is 51.1 cm³/mol. The van der Waals surface area contributed by atoms with Crippen LogP contribution in [0.4, 0.5) is 0 Å². The van der Waals surface area contributed by atoms with E-state index in [1.165, 1.54) is 26.1 Å². The first-order valence-corrected chi connectivity index (χ1v) is 5.52. The number of ether oxygens (including phenoxy) is 1. The van der Waals surface area contributed by atoms with Crippen molar-refractivity contribution in [3.05, 3.63) is 23.2 Å². The van der Waals surface area contributed by atoms with Crippen molar-refractivity contribution in [1.82, 2.24) is 0 Å². The lowest BCUT2D eigenvalue weighted by Gasteiger charge is -2.16. The lowest BCUT2D eigenvalue weighted by atomic mass is 10.2. The van der Waals surface area contributed by atoms with Crippen molar-refractivity contribution in [3.63, 3.8) is 0 Å². The number of methoxy groups -OCH3 is 1. The average Bonchev–Trinajstić information content (AvgIpc) is 2.17. The Labute approximate surface area is 82.5 Å². The van der Waals surface area contributed by atoms with Gasteiger partial charge in [-0.1, -0.05) is 0 Å². The van der Waals surface area contributed by atoms with Crippen LogP contribution in [0.5, 0.6) is 0 Å². The van der Waals surface area contributed by atoms with Crippen molar-refractivity contribution in [1.29, 1.82) is 0 Å². The van der Waals surface area contributed by atoms with Gasteiger partial charge in [-0.2, -0.15) is 9.42 Å². The molecule has 1 unspecified atom stereocenters. The first-order chi connectivity index (χ1) is 6.52. The second kappa shape index (κ2) is 4.09. The van der Waals surface area contributed by atoms with Gasteiger partial charge < -0.3 is 4.74 Å². The molecule has 78 valence electrons. The van der Waals surface area contributed by atoms with Gasteiger partial charge in [0.1, 0.15) is 5.57 Å². The van der Waals surface area contributed by atoms with E-state index in [-0.39, 0.29) is 5.57 Å². The highest BCUT2D eigenvalue weighted by molar-refractivity contribution is 7.64. The van der Waals surface area contributed by atoms with Crippen molar-refractivity contribution >= 4 is 13.9 Å². The fraction of sp³-hybridized carbons (Fsp3) is 0.375. The van der Waals surface area contributed by atoms with Gasteiger partial charge in [0.2, 0.25) is 0 Å². The number of rotatable bonds is 2. The van der Waals surface area contributed by atoms with Crippen LogP contribution in [0, 0.1) is 0 Å². The molecular weight excluding hydrogens is 207 g/mol. The quantitative estimate of drug-likeness (QED) is 0.561. The molecule has 0 aromatic heterocycles. The van der Waals surface area contributed by atoms with Gasteiger partial charge in [0.15, 0.2) is 11.6 Å². The predicted octanol–water partition coefficient (Wildman–Crippen LogP) is 1.38. The van der Waals surface area contributed by atoms with Crippen LogP contribution < -0.4 is 0 Å². The SMILES string of the molecule is COC(=O)C1=C(C)O[P+](O)(OC)C=C1. The van der Waals surface area contributed by atoms with Gasteiger partial charge in [0.05, 0.1) is 14.2 Å². The summed E-state index contributed by atoms with van der Waals surface area (Å²) < 4.78 is 14.4. The topological polar surface area (TPSA) is 65.0 Å². The number of hydrogen-bond acceptors (Lipinski definition) is 5. The van der Waals surface area contributed by atoms with Crippen LogP contribution >= 0.6 is 7.94 Å². The number of allylic oxidation sites excluding steroid dienone is 1. The molecule has 14 heavy (non-hydrogen) atoms. The van der Waals surface area contributed by atoms with Gasteiger partial charge in [0, 0.05) is 6.08 Å². The van der Waals surface area contributed by atoms with Crippen LogP contribution in [0.2, 0.25) is 0 Å². The van der Waals surface area contributed by atoms with Gasteiger partial charge in [-0.25, -0.2) is 4.79 Å². The zero-order valence-corrected chi connectivity index (χ0v) is 9.08. The third-order valence-corrected chi connectivity index (χ3v) is 3.33. The molecule has 1 aliphatic rings. The Kier molecular flexibility index (Phi) is 3.26. The molecule has 0 spiro atoms. The molecule has 0 bridgehead atoms. The lowest BCUT2D eigenvalue weighted by molar-refractivity contribution is -0.135. The van der Waals surface area contributed by atoms with Gasteiger partial charge in [0.25, 0.3) is 0 Å². The summed E-state index contributed by atoms with van der Waals surface area (Å²) in [5.74, 6) is 1.14. The third kappa shape index (κ3) is 2.12. The molecular formula is C8H12O5P+. The van der Waals surface area contributed by atoms with Crippen LogP contribution in [0.1, 0.15) is 6.92 Å². The Morgan fingerprint density at radius 3 is 2.64 bits per heavy atom. The number of carbonyl (C=O) groups is 1. The molecule has 1 heterocycles. The lowest BCUT2D eigenvalue weighted by Crippen LogP contribution is -2.10. The second-order valence-corrected chi connectivity index (χ2v) is 4.59. The maximum atomic E-state index is 11.2. The molecule has 1 atom stereocenters. The smallest absolute Gasteiger partial charge is 0.465 e. The Hall–Kier alpha value is -0.900. The normalized spacial score (nSPS) is 26.0. The molecule has 0 saturated heterocycles. The Balaban J connectivity index is 2.90. The van der Waals surface area contributed by atoms with E-state index in [1.54, 1.807) is 6.92 Å². The monoisotopic (exact) mass is 219 g/mol. The molecule has 0 fully saturated rings. The van der Waals surface area contributed by atoms with E-state index in [0.717, 1.165) is 0 Å². The molecule has 6 heteroatoms. The number of esters is 1. The molecule has 0 aromatic rings. The first kappa shape index (κ1) is 11.2. The molecule has 0 radical (unpaired) electrons. The Morgan fingerprint density at radius 2 is 2.21 bits per heavy atom. The van der Waals surface area contributed by atoms with Crippen molar-refractivity contribution in [2.24, 2.45) is 0 Å². The summed E-state index contributed by atoms with van der Waals surface area (Å²) in [4.78, 5) is 20.8. The van der Waals surface area contributed by atoms with E-state index in [1.807, 2.05) is 0 Å². The molecule has 1 N–H and O–H groups in total. The van der Waals surface area contributed by atoms with Gasteiger partial charge in [-0.15, -0.1) is 0 Å². The van der Waals surface area contributed by atoms with Crippen molar-refractivity contribution in [3.8, 4) is 0 Å². The fourth-order valence-electron chi connectivity index (χ4n) is 0.982. The Morgan fingerprint density at radius 1 is 1.57 bits per heavy atom. The molecule has 1 aliphatic heterocycles. The molecule has 0 saturated carbocycles. The van der Waals surface area contributed by atoms with E-state index in [4.69, 9.17) is 9.05 Å². The maximum Gasteiger partial charge on any atom is 0.481 e. The molecule has 0 amide bonds. The van der Waals surface area contributed by atoms with Crippen molar-refractivity contribution in [2.45, 2.75) is 6.92 Å². The van der Waals surface area contributed by atoms with Crippen molar-refractivity contribution < 1.29 is 23.5 Å². The van der Waals surface area contributed by atoms with Crippen molar-refractivity contribution in [2.75, 3.05) is 14.2 Å². The largest absolute Gasteiger partial charge is 0.481 e. The number of hydrogen-bond donors (Lipinski definition) is 1. The first-order valence-electron chi connectivity index (χ1n) is 3.87. The summed E-state index contributed by atoms with van der Waals surface area (Å²) >= 11 is 0.